The van der Waals surface area contributed by atoms with Crippen molar-refractivity contribution in [3.8, 4) is 0 Å². The topological polar surface area (TPSA) is 95.1 Å². The molecule has 1 amide bonds. The van der Waals surface area contributed by atoms with Crippen molar-refractivity contribution in [2.24, 2.45) is 11.8 Å². The Morgan fingerprint density at radius 1 is 1.42 bits per heavy atom. The van der Waals surface area contributed by atoms with Crippen LogP contribution in [0.3, 0.4) is 0 Å². The number of nitrogens with one attached hydrogen (secondary N) is 2. The molecule has 3 N–H and O–H groups in total. The van der Waals surface area contributed by atoms with Crippen molar-refractivity contribution in [3.05, 3.63) is 11.8 Å². The van der Waals surface area contributed by atoms with Crippen molar-refractivity contribution < 1.29 is 14.7 Å². The summed E-state index contributed by atoms with van der Waals surface area (Å²) in [4.78, 5) is 23.1. The van der Waals surface area contributed by atoms with E-state index in [9.17, 15) is 9.59 Å². The molecule has 1 fully saturated rings. The summed E-state index contributed by atoms with van der Waals surface area (Å²) in [5, 5.41) is 18.6. The van der Waals surface area contributed by atoms with E-state index in [0.717, 1.165) is 12.1 Å². The van der Waals surface area contributed by atoms with Crippen molar-refractivity contribution >= 4 is 17.7 Å². The summed E-state index contributed by atoms with van der Waals surface area (Å²) in [7, 11) is 0. The number of carbonyl (C=O) groups excluding carboxylic acids is 1. The normalized spacial score (nSPS) is 22.7. The highest BCUT2D eigenvalue weighted by atomic mass is 16.4. The van der Waals surface area contributed by atoms with Crippen LogP contribution in [0, 0.1) is 11.8 Å². The largest absolute Gasteiger partial charge is 0.481 e. The van der Waals surface area contributed by atoms with Gasteiger partial charge in [0, 0.05) is 11.8 Å². The van der Waals surface area contributed by atoms with Crippen LogP contribution in [0.1, 0.15) is 44.7 Å². The number of H-pyrrole nitrogens is 1. The highest BCUT2D eigenvalue weighted by Gasteiger charge is 2.37. The first-order chi connectivity index (χ1) is 8.99. The second-order valence-corrected chi connectivity index (χ2v) is 5.33. The molecule has 1 heterocycles. The number of aromatic amines is 1. The van der Waals surface area contributed by atoms with Crippen molar-refractivity contribution in [1.29, 1.82) is 0 Å². The molecule has 0 aliphatic heterocycles. The summed E-state index contributed by atoms with van der Waals surface area (Å²) in [5.41, 5.74) is 0.941. The molecule has 2 rings (SSSR count). The average Bonchev–Trinajstić information content (AvgIpc) is 2.96. The fraction of sp³-hybridized carbons (Fsp3) is 0.615. The minimum absolute atomic E-state index is 0.244. The van der Waals surface area contributed by atoms with Gasteiger partial charge in [-0.05, 0) is 18.8 Å². The molecule has 6 heteroatoms. The highest BCUT2D eigenvalue weighted by Crippen LogP contribution is 2.32. The van der Waals surface area contributed by atoms with Gasteiger partial charge in [0.05, 0.1) is 11.8 Å². The Hall–Kier alpha value is -1.85. The zero-order chi connectivity index (χ0) is 14.0. The molecule has 1 aromatic rings. The lowest BCUT2D eigenvalue weighted by atomic mass is 9.95. The number of carboxylic acids is 1. The van der Waals surface area contributed by atoms with E-state index in [0.29, 0.717) is 24.6 Å². The van der Waals surface area contributed by atoms with E-state index in [1.807, 2.05) is 13.8 Å². The number of carbonyl (C=O) groups is 2. The van der Waals surface area contributed by atoms with Gasteiger partial charge in [-0.2, -0.15) is 5.10 Å². The number of carboxylic acid groups (broad SMARTS) is 1. The third-order valence-corrected chi connectivity index (χ3v) is 3.64. The molecule has 1 aromatic heterocycles. The number of anilines is 1. The standard InChI is InChI=1S/C13H19N3O3/c1-7(2)10-6-11(16-15-10)14-12(17)8-4-3-5-9(8)13(18)19/h6-9H,3-5H2,1-2H3,(H,18,19)(H2,14,15,16,17)/t8-,9+/m1/s1. The van der Waals surface area contributed by atoms with E-state index in [2.05, 4.69) is 15.5 Å². The average molecular weight is 265 g/mol. The summed E-state index contributed by atoms with van der Waals surface area (Å²) in [6.45, 7) is 4.05. The van der Waals surface area contributed by atoms with Crippen molar-refractivity contribution in [2.45, 2.75) is 39.0 Å². The van der Waals surface area contributed by atoms with Gasteiger partial charge in [-0.1, -0.05) is 20.3 Å². The van der Waals surface area contributed by atoms with Gasteiger partial charge in [0.15, 0.2) is 5.82 Å². The monoisotopic (exact) mass is 265 g/mol. The van der Waals surface area contributed by atoms with Crippen LogP contribution in [-0.4, -0.2) is 27.2 Å². The fourth-order valence-electron chi connectivity index (χ4n) is 2.48. The second-order valence-electron chi connectivity index (χ2n) is 5.33. The number of rotatable bonds is 4. The van der Waals surface area contributed by atoms with Gasteiger partial charge >= 0.3 is 5.97 Å². The smallest absolute Gasteiger partial charge is 0.307 e. The SMILES string of the molecule is CC(C)c1cc(NC(=O)[C@@H]2CCC[C@@H]2C(=O)O)n[nH]1. The first kappa shape index (κ1) is 13.6. The zero-order valence-electron chi connectivity index (χ0n) is 11.1. The predicted molar refractivity (Wildman–Crippen MR) is 69.8 cm³/mol. The van der Waals surface area contributed by atoms with E-state index in [4.69, 9.17) is 5.11 Å². The van der Waals surface area contributed by atoms with Crippen LogP contribution in [0.4, 0.5) is 5.82 Å². The van der Waals surface area contributed by atoms with E-state index in [1.165, 1.54) is 0 Å². The molecule has 0 aromatic carbocycles. The number of amides is 1. The fourth-order valence-corrected chi connectivity index (χ4v) is 2.48. The summed E-state index contributed by atoms with van der Waals surface area (Å²) < 4.78 is 0. The van der Waals surface area contributed by atoms with Gasteiger partial charge in [0.1, 0.15) is 0 Å². The Bertz CT molecular complexity index is 481. The van der Waals surface area contributed by atoms with E-state index >= 15 is 0 Å². The van der Waals surface area contributed by atoms with Crippen LogP contribution in [0.5, 0.6) is 0 Å². The second kappa shape index (κ2) is 5.42. The lowest BCUT2D eigenvalue weighted by molar-refractivity contribution is -0.145. The van der Waals surface area contributed by atoms with E-state index < -0.39 is 17.8 Å². The lowest BCUT2D eigenvalue weighted by Gasteiger charge is -2.14. The van der Waals surface area contributed by atoms with Crippen molar-refractivity contribution in [3.63, 3.8) is 0 Å². The molecule has 0 spiro atoms. The Labute approximate surface area is 111 Å². The predicted octanol–water partition coefficient (Wildman–Crippen LogP) is 1.97. The van der Waals surface area contributed by atoms with Gasteiger partial charge in [0.2, 0.25) is 5.91 Å². The zero-order valence-corrected chi connectivity index (χ0v) is 11.1. The molecule has 1 saturated carbocycles. The Morgan fingerprint density at radius 2 is 2.11 bits per heavy atom. The maximum absolute atomic E-state index is 12.1. The number of aliphatic carboxylic acids is 1. The van der Waals surface area contributed by atoms with Gasteiger partial charge in [0.25, 0.3) is 0 Å². The Morgan fingerprint density at radius 3 is 2.68 bits per heavy atom. The summed E-state index contributed by atoms with van der Waals surface area (Å²) in [6, 6.07) is 1.79. The lowest BCUT2D eigenvalue weighted by Crippen LogP contribution is -2.30. The number of hydrogen-bond acceptors (Lipinski definition) is 3. The van der Waals surface area contributed by atoms with Crippen LogP contribution < -0.4 is 5.32 Å². The van der Waals surface area contributed by atoms with Crippen LogP contribution in [0.2, 0.25) is 0 Å². The minimum Gasteiger partial charge on any atom is -0.481 e. The van der Waals surface area contributed by atoms with Gasteiger partial charge < -0.3 is 10.4 Å². The molecule has 1 aliphatic rings. The summed E-state index contributed by atoms with van der Waals surface area (Å²) in [5.74, 6) is -1.38. The first-order valence-electron chi connectivity index (χ1n) is 6.58. The van der Waals surface area contributed by atoms with Gasteiger partial charge in [-0.3, -0.25) is 14.7 Å². The molecule has 1 aliphatic carbocycles. The number of hydrogen-bond donors (Lipinski definition) is 3. The summed E-state index contributed by atoms with van der Waals surface area (Å²) >= 11 is 0. The van der Waals surface area contributed by atoms with E-state index in [-0.39, 0.29) is 5.91 Å². The molecular weight excluding hydrogens is 246 g/mol. The molecule has 104 valence electrons. The van der Waals surface area contributed by atoms with Crippen molar-refractivity contribution in [1.82, 2.24) is 10.2 Å². The number of aromatic nitrogens is 2. The Kier molecular flexibility index (Phi) is 3.87. The number of nitrogens with zero attached hydrogens (tertiary/aromatic N) is 1. The highest BCUT2D eigenvalue weighted by molar-refractivity contribution is 5.94. The van der Waals surface area contributed by atoms with Crippen molar-refractivity contribution in [2.75, 3.05) is 5.32 Å². The molecule has 2 atom stereocenters. The summed E-state index contributed by atoms with van der Waals surface area (Å²) in [6.07, 6.45) is 1.99. The molecule has 6 nitrogen and oxygen atoms in total. The van der Waals surface area contributed by atoms with Crippen LogP contribution in [0.25, 0.3) is 0 Å². The molecule has 0 radical (unpaired) electrons. The quantitative estimate of drug-likeness (QED) is 0.775. The maximum Gasteiger partial charge on any atom is 0.307 e. The molecule has 19 heavy (non-hydrogen) atoms. The minimum atomic E-state index is -0.887. The third-order valence-electron chi connectivity index (χ3n) is 3.64. The van der Waals surface area contributed by atoms with Crippen LogP contribution in [0.15, 0.2) is 6.07 Å². The van der Waals surface area contributed by atoms with Gasteiger partial charge in [-0.25, -0.2) is 0 Å². The third kappa shape index (κ3) is 2.94. The van der Waals surface area contributed by atoms with Gasteiger partial charge in [-0.15, -0.1) is 0 Å². The molecule has 0 saturated heterocycles. The van der Waals surface area contributed by atoms with Crippen LogP contribution in [-0.2, 0) is 9.59 Å². The first-order valence-corrected chi connectivity index (χ1v) is 6.58. The van der Waals surface area contributed by atoms with E-state index in [1.54, 1.807) is 6.07 Å². The maximum atomic E-state index is 12.1. The molecule has 0 unspecified atom stereocenters. The Balaban J connectivity index is 2.02. The van der Waals surface area contributed by atoms with Crippen LogP contribution >= 0.6 is 0 Å². The molecule has 0 bridgehead atoms. The molecular formula is C13H19N3O3.